The third kappa shape index (κ3) is 6.50. The topological polar surface area (TPSA) is 61.7 Å². The van der Waals surface area contributed by atoms with Crippen LogP contribution < -0.4 is 10.1 Å². The average molecular weight is 321 g/mol. The second kappa shape index (κ2) is 9.91. The van der Waals surface area contributed by atoms with E-state index >= 15 is 0 Å². The molecule has 1 aromatic rings. The largest absolute Gasteiger partial charge is 0.490 e. The molecule has 0 heterocycles. The molecule has 1 fully saturated rings. The van der Waals surface area contributed by atoms with Crippen molar-refractivity contribution in [2.45, 2.75) is 64.1 Å². The van der Waals surface area contributed by atoms with E-state index in [-0.39, 0.29) is 13.2 Å². The zero-order valence-corrected chi connectivity index (χ0v) is 14.2. The van der Waals surface area contributed by atoms with E-state index in [2.05, 4.69) is 12.2 Å². The Morgan fingerprint density at radius 1 is 1.22 bits per heavy atom. The van der Waals surface area contributed by atoms with Crippen LogP contribution in [0, 0.1) is 5.92 Å². The van der Waals surface area contributed by atoms with Gasteiger partial charge in [0.25, 0.3) is 0 Å². The van der Waals surface area contributed by atoms with Crippen LogP contribution in [-0.2, 0) is 6.54 Å². The SMILES string of the molecule is CC(CC1CCCCC1)NCc1ccccc1OCC(O)CO. The Labute approximate surface area is 139 Å². The minimum atomic E-state index is -0.832. The van der Waals surface area contributed by atoms with Gasteiger partial charge in [0.05, 0.1) is 6.61 Å². The number of rotatable bonds is 9. The molecule has 0 radical (unpaired) electrons. The van der Waals surface area contributed by atoms with Gasteiger partial charge in [-0.2, -0.15) is 0 Å². The summed E-state index contributed by atoms with van der Waals surface area (Å²) < 4.78 is 5.62. The minimum absolute atomic E-state index is 0.116. The fourth-order valence-corrected chi connectivity index (χ4v) is 3.32. The van der Waals surface area contributed by atoms with Crippen molar-refractivity contribution < 1.29 is 14.9 Å². The van der Waals surface area contributed by atoms with Crippen LogP contribution in [0.5, 0.6) is 5.75 Å². The number of benzene rings is 1. The van der Waals surface area contributed by atoms with Crippen LogP contribution >= 0.6 is 0 Å². The molecule has 1 aliphatic carbocycles. The van der Waals surface area contributed by atoms with Crippen LogP contribution in [0.2, 0.25) is 0 Å². The van der Waals surface area contributed by atoms with E-state index in [9.17, 15) is 5.11 Å². The molecule has 4 heteroatoms. The third-order valence-electron chi connectivity index (χ3n) is 4.67. The van der Waals surface area contributed by atoms with Gasteiger partial charge >= 0.3 is 0 Å². The first-order chi connectivity index (χ1) is 11.2. The lowest BCUT2D eigenvalue weighted by molar-refractivity contribution is 0.0532. The molecular formula is C19H31NO3. The number of para-hydroxylation sites is 1. The van der Waals surface area contributed by atoms with Gasteiger partial charge in [0.15, 0.2) is 0 Å². The maximum Gasteiger partial charge on any atom is 0.123 e. The summed E-state index contributed by atoms with van der Waals surface area (Å²) in [6, 6.07) is 8.37. The Morgan fingerprint density at radius 3 is 2.70 bits per heavy atom. The lowest BCUT2D eigenvalue weighted by atomic mass is 9.85. The van der Waals surface area contributed by atoms with Crippen LogP contribution in [0.25, 0.3) is 0 Å². The maximum absolute atomic E-state index is 9.42. The number of aliphatic hydroxyl groups excluding tert-OH is 2. The standard InChI is InChI=1S/C19H31NO3/c1-15(11-16-7-3-2-4-8-16)20-12-17-9-5-6-10-19(17)23-14-18(22)13-21/h5-6,9-10,15-16,18,20-22H,2-4,7-8,11-14H2,1H3. The summed E-state index contributed by atoms with van der Waals surface area (Å²) in [6.45, 7) is 2.86. The molecule has 0 spiro atoms. The summed E-state index contributed by atoms with van der Waals surface area (Å²) in [5.74, 6) is 1.65. The molecule has 0 aromatic heterocycles. The highest BCUT2D eigenvalue weighted by atomic mass is 16.5. The maximum atomic E-state index is 9.42. The van der Waals surface area contributed by atoms with Crippen molar-refractivity contribution >= 4 is 0 Å². The lowest BCUT2D eigenvalue weighted by Crippen LogP contribution is -2.29. The molecule has 130 valence electrons. The lowest BCUT2D eigenvalue weighted by Gasteiger charge is -2.25. The van der Waals surface area contributed by atoms with Crippen LogP contribution in [0.3, 0.4) is 0 Å². The molecule has 2 rings (SSSR count). The van der Waals surface area contributed by atoms with Crippen molar-refractivity contribution in [2.24, 2.45) is 5.92 Å². The highest BCUT2D eigenvalue weighted by Gasteiger charge is 2.16. The van der Waals surface area contributed by atoms with E-state index in [1.165, 1.54) is 38.5 Å². The summed E-state index contributed by atoms with van der Waals surface area (Å²) in [7, 11) is 0. The number of hydrogen-bond acceptors (Lipinski definition) is 4. The van der Waals surface area contributed by atoms with Gasteiger partial charge < -0.3 is 20.3 Å². The number of hydrogen-bond donors (Lipinski definition) is 3. The molecule has 2 atom stereocenters. The molecule has 0 bridgehead atoms. The quantitative estimate of drug-likeness (QED) is 0.654. The Kier molecular flexibility index (Phi) is 7.86. The van der Waals surface area contributed by atoms with Gasteiger partial charge in [-0.3, -0.25) is 0 Å². The van der Waals surface area contributed by atoms with Crippen molar-refractivity contribution in [3.05, 3.63) is 29.8 Å². The van der Waals surface area contributed by atoms with E-state index < -0.39 is 6.10 Å². The summed E-state index contributed by atoms with van der Waals surface area (Å²) in [5.41, 5.74) is 1.09. The average Bonchev–Trinajstić information content (AvgIpc) is 2.59. The van der Waals surface area contributed by atoms with E-state index in [1.54, 1.807) is 0 Å². The van der Waals surface area contributed by atoms with Crippen LogP contribution in [0.1, 0.15) is 51.0 Å². The first-order valence-corrected chi connectivity index (χ1v) is 8.92. The summed E-state index contributed by atoms with van der Waals surface area (Å²) in [6.07, 6.45) is 7.36. The molecule has 3 N–H and O–H groups in total. The van der Waals surface area contributed by atoms with Gasteiger partial charge in [0, 0.05) is 18.2 Å². The van der Waals surface area contributed by atoms with E-state index in [1.807, 2.05) is 24.3 Å². The van der Waals surface area contributed by atoms with Crippen molar-refractivity contribution in [3.8, 4) is 5.75 Å². The number of nitrogens with one attached hydrogen (secondary N) is 1. The number of ether oxygens (including phenoxy) is 1. The van der Waals surface area contributed by atoms with Gasteiger partial charge in [0.2, 0.25) is 0 Å². The fourth-order valence-electron chi connectivity index (χ4n) is 3.32. The third-order valence-corrected chi connectivity index (χ3v) is 4.67. The molecule has 0 saturated heterocycles. The first kappa shape index (κ1) is 18.2. The molecule has 0 aliphatic heterocycles. The molecule has 1 saturated carbocycles. The first-order valence-electron chi connectivity index (χ1n) is 8.92. The summed E-state index contributed by atoms with van der Waals surface area (Å²) in [4.78, 5) is 0. The van der Waals surface area contributed by atoms with E-state index in [4.69, 9.17) is 9.84 Å². The highest BCUT2D eigenvalue weighted by Crippen LogP contribution is 2.27. The molecular weight excluding hydrogens is 290 g/mol. The number of aliphatic hydroxyl groups is 2. The van der Waals surface area contributed by atoms with Crippen molar-refractivity contribution in [1.29, 1.82) is 0 Å². The summed E-state index contributed by atoms with van der Waals surface area (Å²) >= 11 is 0. The minimum Gasteiger partial charge on any atom is -0.490 e. The Bertz CT molecular complexity index is 446. The second-order valence-electron chi connectivity index (χ2n) is 6.78. The monoisotopic (exact) mass is 321 g/mol. The van der Waals surface area contributed by atoms with Gasteiger partial charge in [-0.1, -0.05) is 50.3 Å². The molecule has 2 unspecified atom stereocenters. The molecule has 0 amide bonds. The van der Waals surface area contributed by atoms with Gasteiger partial charge in [-0.25, -0.2) is 0 Å². The fraction of sp³-hybridized carbons (Fsp3) is 0.684. The van der Waals surface area contributed by atoms with Crippen molar-refractivity contribution in [3.63, 3.8) is 0 Å². The van der Waals surface area contributed by atoms with Gasteiger partial charge in [0.1, 0.15) is 18.5 Å². The predicted molar refractivity (Wildman–Crippen MR) is 92.5 cm³/mol. The van der Waals surface area contributed by atoms with Crippen LogP contribution in [0.15, 0.2) is 24.3 Å². The van der Waals surface area contributed by atoms with Crippen LogP contribution in [-0.4, -0.2) is 35.6 Å². The van der Waals surface area contributed by atoms with E-state index in [0.29, 0.717) is 6.04 Å². The molecule has 1 aromatic carbocycles. The van der Waals surface area contributed by atoms with Gasteiger partial charge in [-0.15, -0.1) is 0 Å². The summed E-state index contributed by atoms with van der Waals surface area (Å²) in [5, 5.41) is 21.9. The van der Waals surface area contributed by atoms with E-state index in [0.717, 1.165) is 23.8 Å². The Balaban J connectivity index is 1.79. The molecule has 1 aliphatic rings. The Hall–Kier alpha value is -1.10. The second-order valence-corrected chi connectivity index (χ2v) is 6.78. The van der Waals surface area contributed by atoms with Crippen molar-refractivity contribution in [2.75, 3.05) is 13.2 Å². The predicted octanol–water partition coefficient (Wildman–Crippen LogP) is 2.87. The smallest absolute Gasteiger partial charge is 0.123 e. The highest BCUT2D eigenvalue weighted by molar-refractivity contribution is 5.33. The Morgan fingerprint density at radius 2 is 1.96 bits per heavy atom. The van der Waals surface area contributed by atoms with Gasteiger partial charge in [-0.05, 0) is 25.3 Å². The molecule has 23 heavy (non-hydrogen) atoms. The zero-order valence-electron chi connectivity index (χ0n) is 14.2. The van der Waals surface area contributed by atoms with Crippen LogP contribution in [0.4, 0.5) is 0 Å². The van der Waals surface area contributed by atoms with Crippen molar-refractivity contribution in [1.82, 2.24) is 5.32 Å². The normalized spacial score (nSPS) is 18.6. The zero-order chi connectivity index (χ0) is 16.5. The molecule has 4 nitrogen and oxygen atoms in total.